The summed E-state index contributed by atoms with van der Waals surface area (Å²) in [6, 6.07) is 0. The molecule has 1 heterocycles. The maximum atomic E-state index is 12.2. The predicted octanol–water partition coefficient (Wildman–Crippen LogP) is 1.82. The lowest BCUT2D eigenvalue weighted by Crippen LogP contribution is -2.33. The summed E-state index contributed by atoms with van der Waals surface area (Å²) >= 11 is 0. The number of amides is 3. The van der Waals surface area contributed by atoms with E-state index in [0.29, 0.717) is 11.5 Å². The maximum absolute atomic E-state index is 12.2. The Morgan fingerprint density at radius 2 is 1.75 bits per heavy atom. The topological polar surface area (TPSA) is 110 Å². The van der Waals surface area contributed by atoms with Crippen LogP contribution >= 0.6 is 0 Å². The van der Waals surface area contributed by atoms with E-state index in [1.54, 1.807) is 0 Å². The highest BCUT2D eigenvalue weighted by Gasteiger charge is 2.32. The van der Waals surface area contributed by atoms with Crippen molar-refractivity contribution in [3.05, 3.63) is 12.2 Å². The molecular weight excluding hydrogens is 368 g/mol. The van der Waals surface area contributed by atoms with Crippen LogP contribution in [0, 0.1) is 5.92 Å². The van der Waals surface area contributed by atoms with E-state index in [-0.39, 0.29) is 38.0 Å². The van der Waals surface area contributed by atoms with E-state index in [1.807, 2.05) is 0 Å². The summed E-state index contributed by atoms with van der Waals surface area (Å²) < 4.78 is 0. The van der Waals surface area contributed by atoms with Crippen LogP contribution in [-0.2, 0) is 33.6 Å². The Labute approximate surface area is 163 Å². The van der Waals surface area contributed by atoms with Gasteiger partial charge in [0.15, 0.2) is 0 Å². The van der Waals surface area contributed by atoms with Crippen molar-refractivity contribution >= 4 is 29.7 Å². The molecule has 154 valence electrons. The Morgan fingerprint density at radius 1 is 1.07 bits per heavy atom. The smallest absolute Gasteiger partial charge is 0.335 e. The molecule has 0 aromatic rings. The zero-order chi connectivity index (χ0) is 20.5. The summed E-state index contributed by atoms with van der Waals surface area (Å²) in [6.07, 6.45) is 8.24. The van der Waals surface area contributed by atoms with Crippen LogP contribution in [-0.4, -0.2) is 46.8 Å². The molecule has 28 heavy (non-hydrogen) atoms. The van der Waals surface area contributed by atoms with E-state index in [9.17, 15) is 24.0 Å². The standard InChI is InChI=1S/C19H26N2O7/c1-20(28-19(26)14-8-5-3-2-4-6-9-14)15(22)10-7-11-18(25)27-21-16(23)12-13-17(21)24/h2-3,14H,4-13H2,1H3/b3-2-. The normalized spacial score (nSPS) is 20.9. The Hall–Kier alpha value is -2.71. The number of hydrogen-bond acceptors (Lipinski definition) is 7. The molecule has 9 heteroatoms. The van der Waals surface area contributed by atoms with Crippen LogP contribution in [0.4, 0.5) is 0 Å². The van der Waals surface area contributed by atoms with Crippen LogP contribution in [0.2, 0.25) is 0 Å². The van der Waals surface area contributed by atoms with Crippen molar-refractivity contribution in [1.29, 1.82) is 0 Å². The van der Waals surface area contributed by atoms with Crippen LogP contribution in [0.3, 0.4) is 0 Å². The summed E-state index contributed by atoms with van der Waals surface area (Å²) in [5, 5.41) is 1.37. The van der Waals surface area contributed by atoms with Gasteiger partial charge in [-0.15, -0.1) is 5.06 Å². The number of imide groups is 1. The number of nitrogens with zero attached hydrogens (tertiary/aromatic N) is 2. The fraction of sp³-hybridized carbons (Fsp3) is 0.632. The molecule has 1 fully saturated rings. The molecule has 3 amide bonds. The van der Waals surface area contributed by atoms with Crippen molar-refractivity contribution < 1.29 is 33.6 Å². The van der Waals surface area contributed by atoms with Crippen LogP contribution in [0.25, 0.3) is 0 Å². The molecule has 2 aliphatic rings. The van der Waals surface area contributed by atoms with E-state index in [4.69, 9.17) is 9.68 Å². The Kier molecular flexibility index (Phi) is 8.16. The molecule has 0 aromatic heterocycles. The predicted molar refractivity (Wildman–Crippen MR) is 95.6 cm³/mol. The van der Waals surface area contributed by atoms with E-state index in [0.717, 1.165) is 30.7 Å². The minimum absolute atomic E-state index is 0.0258. The number of carbonyl (C=O) groups is 5. The molecule has 0 bridgehead atoms. The highest BCUT2D eigenvalue weighted by molar-refractivity contribution is 6.01. The number of allylic oxidation sites excluding steroid dienone is 2. The SMILES string of the molecule is CN(OC(=O)C1CC/C=C\CCC1)C(=O)CCCC(=O)ON1C(=O)CCC1=O. The van der Waals surface area contributed by atoms with Gasteiger partial charge in [-0.2, -0.15) is 5.06 Å². The lowest BCUT2D eigenvalue weighted by molar-refractivity contribution is -0.198. The summed E-state index contributed by atoms with van der Waals surface area (Å²) in [7, 11) is 1.36. The summed E-state index contributed by atoms with van der Waals surface area (Å²) in [6.45, 7) is 0. The molecule has 1 aliphatic heterocycles. The molecule has 2 rings (SSSR count). The molecular formula is C19H26N2O7. The van der Waals surface area contributed by atoms with Crippen molar-refractivity contribution in [3.63, 3.8) is 0 Å². The number of rotatable bonds is 6. The molecule has 0 radical (unpaired) electrons. The second-order valence-corrected chi connectivity index (χ2v) is 6.88. The molecule has 0 aromatic carbocycles. The fourth-order valence-electron chi connectivity index (χ4n) is 3.00. The number of hydroxylamine groups is 4. The molecule has 1 unspecified atom stereocenters. The first kappa shape index (κ1) is 21.6. The quantitative estimate of drug-likeness (QED) is 0.384. The van der Waals surface area contributed by atoms with Crippen molar-refractivity contribution in [2.24, 2.45) is 5.92 Å². The van der Waals surface area contributed by atoms with E-state index < -0.39 is 29.7 Å². The van der Waals surface area contributed by atoms with Gasteiger partial charge < -0.3 is 9.68 Å². The van der Waals surface area contributed by atoms with Crippen LogP contribution in [0.15, 0.2) is 12.2 Å². The fourth-order valence-corrected chi connectivity index (χ4v) is 3.00. The van der Waals surface area contributed by atoms with E-state index >= 15 is 0 Å². The molecule has 9 nitrogen and oxygen atoms in total. The van der Waals surface area contributed by atoms with Gasteiger partial charge in [-0.25, -0.2) is 9.59 Å². The van der Waals surface area contributed by atoms with Crippen molar-refractivity contribution in [1.82, 2.24) is 10.1 Å². The number of hydrogen-bond donors (Lipinski definition) is 0. The maximum Gasteiger partial charge on any atom is 0.335 e. The first-order valence-electron chi connectivity index (χ1n) is 9.58. The molecule has 1 aliphatic carbocycles. The largest absolute Gasteiger partial charge is 0.338 e. The summed E-state index contributed by atoms with van der Waals surface area (Å²) in [5.74, 6) is -2.96. The molecule has 1 atom stereocenters. The second kappa shape index (κ2) is 10.6. The second-order valence-electron chi connectivity index (χ2n) is 6.88. The lowest BCUT2D eigenvalue weighted by atomic mass is 9.94. The zero-order valence-electron chi connectivity index (χ0n) is 16.1. The van der Waals surface area contributed by atoms with E-state index in [2.05, 4.69) is 12.2 Å². The third-order valence-electron chi connectivity index (χ3n) is 4.65. The summed E-state index contributed by atoms with van der Waals surface area (Å²) in [5.41, 5.74) is 0. The van der Waals surface area contributed by atoms with Gasteiger partial charge in [0.25, 0.3) is 17.7 Å². The van der Waals surface area contributed by atoms with Gasteiger partial charge in [0.1, 0.15) is 0 Å². The lowest BCUT2D eigenvalue weighted by Gasteiger charge is -2.21. The summed E-state index contributed by atoms with van der Waals surface area (Å²) in [4.78, 5) is 68.6. The molecule has 0 spiro atoms. The van der Waals surface area contributed by atoms with Gasteiger partial charge >= 0.3 is 11.9 Å². The van der Waals surface area contributed by atoms with Crippen molar-refractivity contribution in [2.75, 3.05) is 7.05 Å². The Morgan fingerprint density at radius 3 is 2.46 bits per heavy atom. The minimum Gasteiger partial charge on any atom is -0.338 e. The van der Waals surface area contributed by atoms with Gasteiger partial charge in [0.05, 0.1) is 5.92 Å². The average Bonchev–Trinajstić information content (AvgIpc) is 2.93. The Bertz CT molecular complexity index is 643. The van der Waals surface area contributed by atoms with Crippen molar-refractivity contribution in [3.8, 4) is 0 Å². The van der Waals surface area contributed by atoms with Crippen molar-refractivity contribution in [2.45, 2.75) is 64.2 Å². The molecule has 0 saturated carbocycles. The zero-order valence-corrected chi connectivity index (χ0v) is 16.1. The van der Waals surface area contributed by atoms with Gasteiger partial charge in [-0.3, -0.25) is 14.4 Å². The highest BCUT2D eigenvalue weighted by atomic mass is 16.7. The Balaban J connectivity index is 1.68. The van der Waals surface area contributed by atoms with Gasteiger partial charge in [-0.1, -0.05) is 12.2 Å². The van der Waals surface area contributed by atoms with Crippen LogP contribution in [0.5, 0.6) is 0 Å². The monoisotopic (exact) mass is 394 g/mol. The van der Waals surface area contributed by atoms with Crippen LogP contribution < -0.4 is 0 Å². The molecule has 1 saturated heterocycles. The van der Waals surface area contributed by atoms with Crippen LogP contribution in [0.1, 0.15) is 64.2 Å². The third-order valence-corrected chi connectivity index (χ3v) is 4.65. The minimum atomic E-state index is -0.765. The van der Waals surface area contributed by atoms with Gasteiger partial charge in [0.2, 0.25) is 0 Å². The highest BCUT2D eigenvalue weighted by Crippen LogP contribution is 2.20. The van der Waals surface area contributed by atoms with Gasteiger partial charge in [0, 0.05) is 32.7 Å². The van der Waals surface area contributed by atoms with E-state index in [1.165, 1.54) is 7.05 Å². The first-order chi connectivity index (χ1) is 13.4. The average molecular weight is 394 g/mol. The molecule has 0 N–H and O–H groups in total. The first-order valence-corrected chi connectivity index (χ1v) is 9.58. The van der Waals surface area contributed by atoms with Gasteiger partial charge in [-0.05, 0) is 38.5 Å². The number of carbonyl (C=O) groups excluding carboxylic acids is 5. The third kappa shape index (κ3) is 6.47.